The van der Waals surface area contributed by atoms with Gasteiger partial charge >= 0.3 is 0 Å². The number of primary amides is 5. The van der Waals surface area contributed by atoms with Crippen molar-refractivity contribution >= 4 is 141 Å². The molecule has 1 fully saturated rings. The highest BCUT2D eigenvalue weighted by Crippen LogP contribution is 2.28. The number of carbonyl (C=O) groups is 19. The first-order valence-electron chi connectivity index (χ1n) is 50.7. The number of nitrogens with one attached hydrogen (secondary N) is 8. The van der Waals surface area contributed by atoms with Crippen LogP contribution in [-0.2, 0) is 91.1 Å². The molecule has 1 rings (SSSR count). The van der Waals surface area contributed by atoms with Crippen molar-refractivity contribution in [2.24, 2.45) is 158 Å². The Balaban J connectivity index is 0.00000296. The van der Waals surface area contributed by atoms with Crippen molar-refractivity contribution in [3.8, 4) is 0 Å². The fourth-order valence-electron chi connectivity index (χ4n) is 16.2. The smallest absolute Gasteiger partial charge is 0.243 e. The lowest BCUT2D eigenvalue weighted by atomic mass is 9.87. The standard InChI is InChI=1S/C51H91N19O12.C44H83N11O7/c1-28(2)37(71)25-29(14-17-40(53)74)44(78)66-32(11-6-22-64-50(59)60)39(73)27-31(9-5-21-63-49(57)58)48(82)70-24-8-13-36(70)47(81)69-35(16-19-42(55)76)46(80)67-33(12-7-23-65-51(61)62)38(72)26-30(15-18-41(54)75)45(79)68-34(43(56)77)10-3-4-20-52;1-5-6-7-8-9-10-11-12-13-14-15-16-17-22-39(59)53-30-40(60)54-34(20-18-25-51-43(46)47)37(57)29-33(27-31(2)3)42(62)55-35(21-19-26-52-44(48)49)36(56)28-32(41(61)50-4)23-24-38(45)58/h28-36H,3-27,52H2,1-2H3,(H2,53,74)(H2,54,75)(H2,55,76)(H2,56,77)(H,66,78)(H,67,80)(H,68,79)(H,69,81)(H4,57,58,63)(H4,59,60,64)(H4,61,62,65);31-35H,5-30H2,1-4H3,(H2,45,58)(H,50,61)(H,53,59)(H,54,60)(H,55,62)(H4,46,47,51)(H4,48,49,52)/t29-,30-,31-,32+,33+,34+,35+,36+;32-,33-,34+,35+/m11/s1. The van der Waals surface area contributed by atoms with Gasteiger partial charge in [-0.05, 0) is 147 Å². The Labute approximate surface area is 846 Å². The lowest BCUT2D eigenvalue weighted by Crippen LogP contribution is -2.56. The summed E-state index contributed by atoms with van der Waals surface area (Å²) in [6.45, 7) is 9.85. The topological polar surface area (TPSA) is 902 Å². The van der Waals surface area contributed by atoms with Gasteiger partial charge in [0.1, 0.15) is 23.9 Å². The number of hydrogen-bond donors (Lipinski definition) is 24. The van der Waals surface area contributed by atoms with Crippen molar-refractivity contribution in [3.63, 3.8) is 0 Å². The Kier molecular flexibility index (Phi) is 70.0. The number of nitrogens with zero attached hydrogens (tertiary/aromatic N) is 6. The van der Waals surface area contributed by atoms with Crippen LogP contribution < -0.4 is 134 Å². The molecule has 1 saturated heterocycles. The van der Waals surface area contributed by atoms with Crippen LogP contribution in [0.4, 0.5) is 0 Å². The highest BCUT2D eigenvalue weighted by molar-refractivity contribution is 6.00. The number of aliphatic imine (C=N–C) groups is 5. The third-order valence-corrected chi connectivity index (χ3v) is 24.3. The van der Waals surface area contributed by atoms with Gasteiger partial charge in [0, 0.05) is 146 Å². The maximum absolute atomic E-state index is 14.7. The third kappa shape index (κ3) is 63.3. The van der Waals surface area contributed by atoms with E-state index in [0.29, 0.717) is 45.1 Å². The summed E-state index contributed by atoms with van der Waals surface area (Å²) in [4.78, 5) is 273. The zero-order valence-electron chi connectivity index (χ0n) is 85.8. The zero-order chi connectivity index (χ0) is 109. The van der Waals surface area contributed by atoms with Crippen molar-refractivity contribution in [1.82, 2.24) is 47.4 Å². The zero-order valence-corrected chi connectivity index (χ0v) is 85.8. The first kappa shape index (κ1) is 131. The molecule has 14 amide bonds. The number of amides is 14. The third-order valence-electron chi connectivity index (χ3n) is 24.3. The van der Waals surface area contributed by atoms with Crippen molar-refractivity contribution in [2.75, 3.05) is 59.4 Å². The molecule has 1 aliphatic heterocycles. The average Bonchev–Trinajstić information content (AvgIpc) is 1.68. The molecule has 818 valence electrons. The Bertz CT molecular complexity index is 4180. The van der Waals surface area contributed by atoms with Gasteiger partial charge in [0.25, 0.3) is 0 Å². The SMILES string of the molecule is CC(C)C(=O)C[C@@H](CCC(N)=O)C(=O)N[C@@H](CCCN=C(N)N)C(=O)C[C@@H](CCCN=C(N)N)C(=O)N1CCC[C@H]1C(=O)N[C@@H](CCC(N)=O)C(=O)N[C@@H](CCCN=C(N)N)C(=O)C[C@@H](CCC(N)=O)C(=O)N[C@@H](CCCCN)C(N)=O.CCCCCCCCCCCCCCCC(=O)NCC(=O)N[C@@H](CCCN=C(N)N)C(=O)C[C@@H](CC(C)C)C(=O)N[C@@H](CCCN=C(N)N)C(=O)C[C@@H](CCC(N)=O)C(=O)NC. The molecule has 12 atom stereocenters. The van der Waals surface area contributed by atoms with Crippen LogP contribution in [-0.4, -0.2) is 248 Å². The molecule has 144 heavy (non-hydrogen) atoms. The van der Waals surface area contributed by atoms with Gasteiger partial charge in [0.2, 0.25) is 82.7 Å². The summed E-state index contributed by atoms with van der Waals surface area (Å²) >= 11 is 0. The maximum atomic E-state index is 14.7. The van der Waals surface area contributed by atoms with Crippen LogP contribution in [0, 0.1) is 41.4 Å². The van der Waals surface area contributed by atoms with E-state index in [-0.39, 0.29) is 228 Å². The van der Waals surface area contributed by atoms with E-state index in [1.54, 1.807) is 13.8 Å². The number of rotatable bonds is 83. The van der Waals surface area contributed by atoms with Gasteiger partial charge < -0.3 is 139 Å². The summed E-state index contributed by atoms with van der Waals surface area (Å²) in [6.07, 6.45) is 15.4. The van der Waals surface area contributed by atoms with E-state index >= 15 is 0 Å². The quantitative estimate of drug-likeness (QED) is 0.0174. The van der Waals surface area contributed by atoms with E-state index in [0.717, 1.165) is 25.7 Å². The van der Waals surface area contributed by atoms with E-state index in [2.05, 4.69) is 74.4 Å². The van der Waals surface area contributed by atoms with E-state index in [1.165, 1.54) is 69.7 Å². The number of unbranched alkanes of at least 4 members (excludes halogenated alkanes) is 13. The molecule has 0 aliphatic carbocycles. The van der Waals surface area contributed by atoms with E-state index < -0.39 is 197 Å². The Morgan fingerprint density at radius 2 is 0.667 bits per heavy atom. The van der Waals surface area contributed by atoms with Gasteiger partial charge in [-0.25, -0.2) is 0 Å². The van der Waals surface area contributed by atoms with Crippen LogP contribution in [0.25, 0.3) is 0 Å². The first-order chi connectivity index (χ1) is 68.1. The molecule has 0 spiro atoms. The molecule has 49 heteroatoms. The minimum Gasteiger partial charge on any atom is -0.370 e. The van der Waals surface area contributed by atoms with E-state index in [4.69, 9.17) is 91.7 Å². The van der Waals surface area contributed by atoms with Gasteiger partial charge in [-0.3, -0.25) is 116 Å². The van der Waals surface area contributed by atoms with E-state index in [9.17, 15) is 91.1 Å². The number of hydrogen-bond acceptors (Lipinski definition) is 25. The van der Waals surface area contributed by atoms with Crippen molar-refractivity contribution in [3.05, 3.63) is 0 Å². The molecule has 40 N–H and O–H groups in total. The summed E-state index contributed by atoms with van der Waals surface area (Å²) in [5.74, 6) is -18.5. The van der Waals surface area contributed by atoms with Gasteiger partial charge in [-0.2, -0.15) is 0 Å². The fraction of sp³-hybridized carbons (Fsp3) is 0.747. The summed E-state index contributed by atoms with van der Waals surface area (Å²) in [6, 6.07) is -8.60. The largest absolute Gasteiger partial charge is 0.370 e. The molecule has 0 unspecified atom stereocenters. The van der Waals surface area contributed by atoms with Crippen LogP contribution >= 0.6 is 0 Å². The van der Waals surface area contributed by atoms with Crippen LogP contribution in [0.2, 0.25) is 0 Å². The predicted molar refractivity (Wildman–Crippen MR) is 549 cm³/mol. The molecular weight excluding hydrogens is 1870 g/mol. The normalized spacial score (nSPS) is 14.3. The van der Waals surface area contributed by atoms with Crippen LogP contribution in [0.15, 0.2) is 25.0 Å². The van der Waals surface area contributed by atoms with Crippen LogP contribution in [0.3, 0.4) is 0 Å². The number of ketones is 5. The summed E-state index contributed by atoms with van der Waals surface area (Å²) < 4.78 is 0. The molecular formula is C95H174N30O19. The molecule has 0 aromatic rings. The predicted octanol–water partition coefficient (Wildman–Crippen LogP) is -2.26. The average molecular weight is 2040 g/mol. The summed E-state index contributed by atoms with van der Waals surface area (Å²) in [7, 11) is 1.42. The Morgan fingerprint density at radius 3 is 1.04 bits per heavy atom. The lowest BCUT2D eigenvalue weighted by Gasteiger charge is -2.30. The molecule has 1 heterocycles. The Hall–Kier alpha value is -12.8. The van der Waals surface area contributed by atoms with E-state index in [1.807, 2.05) is 13.8 Å². The van der Waals surface area contributed by atoms with Crippen molar-refractivity contribution in [2.45, 2.75) is 353 Å². The minimum atomic E-state index is -1.55. The highest BCUT2D eigenvalue weighted by Gasteiger charge is 2.42. The fourth-order valence-corrected chi connectivity index (χ4v) is 16.2. The summed E-state index contributed by atoms with van der Waals surface area (Å²) in [5.41, 5.74) is 87.7. The number of carbonyl (C=O) groups excluding carboxylic acids is 19. The molecule has 0 aromatic heterocycles. The molecule has 49 nitrogen and oxygen atoms in total. The second-order valence-electron chi connectivity index (χ2n) is 37.6. The molecule has 1 aliphatic rings. The van der Waals surface area contributed by atoms with Crippen molar-refractivity contribution in [1.29, 1.82) is 0 Å². The molecule has 0 bridgehead atoms. The van der Waals surface area contributed by atoms with Gasteiger partial charge in [-0.15, -0.1) is 0 Å². The second-order valence-corrected chi connectivity index (χ2v) is 37.6. The molecule has 0 aromatic carbocycles. The number of likely N-dealkylation sites (tertiary alicyclic amines) is 1. The van der Waals surface area contributed by atoms with Crippen LogP contribution in [0.5, 0.6) is 0 Å². The maximum Gasteiger partial charge on any atom is 0.243 e. The highest BCUT2D eigenvalue weighted by atomic mass is 16.2. The van der Waals surface area contributed by atoms with Gasteiger partial charge in [0.05, 0.1) is 30.7 Å². The second kappa shape index (κ2) is 76.9. The van der Waals surface area contributed by atoms with Crippen LogP contribution in [0.1, 0.15) is 311 Å². The molecule has 0 saturated carbocycles. The number of Topliss-reactive ketones (excluding diaryl/α,β-unsaturated/α-hetero) is 5. The van der Waals surface area contributed by atoms with Gasteiger partial charge in [-0.1, -0.05) is 112 Å². The Morgan fingerprint density at radius 1 is 0.326 bits per heavy atom. The first-order valence-corrected chi connectivity index (χ1v) is 50.7. The molecule has 0 radical (unpaired) electrons. The summed E-state index contributed by atoms with van der Waals surface area (Å²) in [5, 5.41) is 21.2. The van der Waals surface area contributed by atoms with Crippen molar-refractivity contribution < 1.29 is 91.1 Å². The number of nitrogens with two attached hydrogens (primary N) is 16. The monoisotopic (exact) mass is 2040 g/mol. The number of guanidine groups is 5. The minimum absolute atomic E-state index is 0.000866. The van der Waals surface area contributed by atoms with Gasteiger partial charge in [0.15, 0.2) is 52.9 Å². The lowest BCUT2D eigenvalue weighted by molar-refractivity contribution is -0.144.